The summed E-state index contributed by atoms with van der Waals surface area (Å²) in [4.78, 5) is 15.1. The molecule has 0 bridgehead atoms. The molecule has 1 aliphatic heterocycles. The van der Waals surface area contributed by atoms with E-state index in [1.54, 1.807) is 19.1 Å². The van der Waals surface area contributed by atoms with Gasteiger partial charge in [-0.3, -0.25) is 9.69 Å². The fourth-order valence-electron chi connectivity index (χ4n) is 4.05. The third-order valence-corrected chi connectivity index (χ3v) is 5.77. The quantitative estimate of drug-likeness (QED) is 0.823. The number of nitrogens with zero attached hydrogens (tertiary/aromatic N) is 1. The molecule has 1 aliphatic carbocycles. The van der Waals surface area contributed by atoms with E-state index >= 15 is 0 Å². The zero-order chi connectivity index (χ0) is 18.4. The molecular weight excluding hydrogens is 352 g/mol. The van der Waals surface area contributed by atoms with Gasteiger partial charge in [-0.05, 0) is 38.0 Å². The predicted octanol–water partition coefficient (Wildman–Crippen LogP) is 3.26. The van der Waals surface area contributed by atoms with E-state index in [0.29, 0.717) is 17.3 Å². The molecule has 1 aromatic carbocycles. The molecule has 1 saturated carbocycles. The van der Waals surface area contributed by atoms with Gasteiger partial charge in [0.2, 0.25) is 0 Å². The van der Waals surface area contributed by atoms with Gasteiger partial charge in [0.15, 0.2) is 6.10 Å². The zero-order valence-corrected chi connectivity index (χ0v) is 16.3. The number of rotatable bonds is 6. The SMILES string of the molecule is CC(Oc1cccc(Cl)c1)C(=O)NCC1(N2CCOCC2)CCCCC1. The van der Waals surface area contributed by atoms with Gasteiger partial charge in [0.05, 0.1) is 13.2 Å². The molecule has 2 aliphatic rings. The Morgan fingerprint density at radius 3 is 2.73 bits per heavy atom. The van der Waals surface area contributed by atoms with Crippen LogP contribution in [0, 0.1) is 0 Å². The number of benzene rings is 1. The highest BCUT2D eigenvalue weighted by Crippen LogP contribution is 2.34. The Hall–Kier alpha value is -1.30. The van der Waals surface area contributed by atoms with Gasteiger partial charge in [0, 0.05) is 30.2 Å². The van der Waals surface area contributed by atoms with Crippen LogP contribution in [0.4, 0.5) is 0 Å². The number of morpholine rings is 1. The molecule has 1 heterocycles. The lowest BCUT2D eigenvalue weighted by atomic mass is 9.79. The van der Waals surface area contributed by atoms with Crippen molar-refractivity contribution < 1.29 is 14.3 Å². The maximum Gasteiger partial charge on any atom is 0.260 e. The molecule has 1 unspecified atom stereocenters. The molecule has 5 nitrogen and oxygen atoms in total. The summed E-state index contributed by atoms with van der Waals surface area (Å²) in [5.74, 6) is 0.531. The highest BCUT2D eigenvalue weighted by atomic mass is 35.5. The van der Waals surface area contributed by atoms with Crippen molar-refractivity contribution >= 4 is 17.5 Å². The van der Waals surface area contributed by atoms with E-state index in [1.807, 2.05) is 12.1 Å². The summed E-state index contributed by atoms with van der Waals surface area (Å²) in [5.41, 5.74) is 0.0630. The maximum atomic E-state index is 12.6. The largest absolute Gasteiger partial charge is 0.481 e. The minimum Gasteiger partial charge on any atom is -0.481 e. The lowest BCUT2D eigenvalue weighted by Crippen LogP contribution is -2.60. The molecule has 1 N–H and O–H groups in total. The minimum absolute atomic E-state index is 0.0630. The summed E-state index contributed by atoms with van der Waals surface area (Å²) in [6.07, 6.45) is 5.45. The summed E-state index contributed by atoms with van der Waals surface area (Å²) in [6.45, 7) is 5.91. The number of nitrogens with one attached hydrogen (secondary N) is 1. The molecule has 0 radical (unpaired) electrons. The van der Waals surface area contributed by atoms with Crippen molar-refractivity contribution in [2.45, 2.75) is 50.7 Å². The van der Waals surface area contributed by atoms with Crippen molar-refractivity contribution in [3.8, 4) is 5.75 Å². The Bertz CT molecular complexity index is 598. The van der Waals surface area contributed by atoms with Gasteiger partial charge in [-0.25, -0.2) is 0 Å². The summed E-state index contributed by atoms with van der Waals surface area (Å²) in [6, 6.07) is 7.14. The first-order chi connectivity index (χ1) is 12.6. The van der Waals surface area contributed by atoms with Crippen molar-refractivity contribution in [3.63, 3.8) is 0 Å². The second-order valence-electron chi connectivity index (χ2n) is 7.32. The predicted molar refractivity (Wildman–Crippen MR) is 103 cm³/mol. The lowest BCUT2D eigenvalue weighted by Gasteiger charge is -2.48. The van der Waals surface area contributed by atoms with E-state index in [-0.39, 0.29) is 11.4 Å². The van der Waals surface area contributed by atoms with Crippen LogP contribution in [0.15, 0.2) is 24.3 Å². The molecule has 1 saturated heterocycles. The zero-order valence-electron chi connectivity index (χ0n) is 15.5. The summed E-state index contributed by atoms with van der Waals surface area (Å²) in [7, 11) is 0. The van der Waals surface area contributed by atoms with Crippen LogP contribution in [0.3, 0.4) is 0 Å². The number of carbonyl (C=O) groups is 1. The molecule has 26 heavy (non-hydrogen) atoms. The van der Waals surface area contributed by atoms with E-state index in [2.05, 4.69) is 10.2 Å². The molecule has 0 spiro atoms. The molecule has 0 aromatic heterocycles. The molecule has 1 atom stereocenters. The number of carbonyl (C=O) groups excluding carboxylic acids is 1. The first kappa shape index (κ1) is 19.5. The number of amides is 1. The summed E-state index contributed by atoms with van der Waals surface area (Å²) in [5, 5.41) is 3.75. The molecule has 3 rings (SSSR count). The van der Waals surface area contributed by atoms with Gasteiger partial charge in [0.25, 0.3) is 5.91 Å². The summed E-state index contributed by atoms with van der Waals surface area (Å²) < 4.78 is 11.3. The van der Waals surface area contributed by atoms with E-state index < -0.39 is 6.10 Å². The van der Waals surface area contributed by atoms with Crippen molar-refractivity contribution in [2.75, 3.05) is 32.8 Å². The summed E-state index contributed by atoms with van der Waals surface area (Å²) >= 11 is 5.98. The first-order valence-electron chi connectivity index (χ1n) is 9.62. The Morgan fingerprint density at radius 2 is 2.04 bits per heavy atom. The van der Waals surface area contributed by atoms with Crippen LogP contribution in [0.25, 0.3) is 0 Å². The van der Waals surface area contributed by atoms with Crippen LogP contribution >= 0.6 is 11.6 Å². The number of hydrogen-bond donors (Lipinski definition) is 1. The molecule has 144 valence electrons. The van der Waals surface area contributed by atoms with Crippen LogP contribution in [0.2, 0.25) is 5.02 Å². The third-order valence-electron chi connectivity index (χ3n) is 5.54. The Kier molecular flexibility index (Phi) is 6.79. The van der Waals surface area contributed by atoms with Crippen LogP contribution in [-0.2, 0) is 9.53 Å². The van der Waals surface area contributed by atoms with Crippen molar-refractivity contribution in [2.24, 2.45) is 0 Å². The molecule has 6 heteroatoms. The highest BCUT2D eigenvalue weighted by molar-refractivity contribution is 6.30. The van der Waals surface area contributed by atoms with Gasteiger partial charge in [-0.15, -0.1) is 0 Å². The molecule has 2 fully saturated rings. The second kappa shape index (κ2) is 9.07. The standard InChI is InChI=1S/C20H29ClN2O3/c1-16(26-18-7-5-6-17(21)14-18)19(24)22-15-20(8-3-2-4-9-20)23-10-12-25-13-11-23/h5-7,14,16H,2-4,8-13,15H2,1H3,(H,22,24). The minimum atomic E-state index is -0.557. The van der Waals surface area contributed by atoms with Crippen LogP contribution < -0.4 is 10.1 Å². The second-order valence-corrected chi connectivity index (χ2v) is 7.76. The van der Waals surface area contributed by atoms with Crippen LogP contribution in [0.5, 0.6) is 5.75 Å². The molecular formula is C20H29ClN2O3. The van der Waals surface area contributed by atoms with Crippen molar-refractivity contribution in [3.05, 3.63) is 29.3 Å². The van der Waals surface area contributed by atoms with E-state index in [9.17, 15) is 4.79 Å². The number of halogens is 1. The fraction of sp³-hybridized carbons (Fsp3) is 0.650. The third kappa shape index (κ3) is 4.90. The van der Waals surface area contributed by atoms with E-state index in [0.717, 1.165) is 39.1 Å². The average Bonchev–Trinajstić information content (AvgIpc) is 2.67. The Labute approximate surface area is 161 Å². The van der Waals surface area contributed by atoms with E-state index in [1.165, 1.54) is 19.3 Å². The van der Waals surface area contributed by atoms with Gasteiger partial charge < -0.3 is 14.8 Å². The first-order valence-corrected chi connectivity index (χ1v) is 10.00. The van der Waals surface area contributed by atoms with E-state index in [4.69, 9.17) is 21.1 Å². The van der Waals surface area contributed by atoms with Gasteiger partial charge >= 0.3 is 0 Å². The number of hydrogen-bond acceptors (Lipinski definition) is 4. The molecule has 1 amide bonds. The lowest BCUT2D eigenvalue weighted by molar-refractivity contribution is -0.128. The van der Waals surface area contributed by atoms with Crippen LogP contribution in [-0.4, -0.2) is 55.3 Å². The normalized spacial score (nSPS) is 21.8. The highest BCUT2D eigenvalue weighted by Gasteiger charge is 2.39. The van der Waals surface area contributed by atoms with Crippen molar-refractivity contribution in [1.82, 2.24) is 10.2 Å². The monoisotopic (exact) mass is 380 g/mol. The topological polar surface area (TPSA) is 50.8 Å². The number of ether oxygens (including phenoxy) is 2. The Morgan fingerprint density at radius 1 is 1.31 bits per heavy atom. The average molecular weight is 381 g/mol. The Balaban J connectivity index is 1.58. The molecule has 1 aromatic rings. The fourth-order valence-corrected chi connectivity index (χ4v) is 4.23. The maximum absolute atomic E-state index is 12.6. The van der Waals surface area contributed by atoms with Gasteiger partial charge in [-0.2, -0.15) is 0 Å². The smallest absolute Gasteiger partial charge is 0.260 e. The van der Waals surface area contributed by atoms with Gasteiger partial charge in [-0.1, -0.05) is 36.9 Å². The van der Waals surface area contributed by atoms with Crippen LogP contribution in [0.1, 0.15) is 39.0 Å². The van der Waals surface area contributed by atoms with Crippen molar-refractivity contribution in [1.29, 1.82) is 0 Å². The van der Waals surface area contributed by atoms with Gasteiger partial charge in [0.1, 0.15) is 5.75 Å².